The van der Waals surface area contributed by atoms with E-state index in [0.29, 0.717) is 5.75 Å². The summed E-state index contributed by atoms with van der Waals surface area (Å²) in [5.41, 5.74) is 1.18. The van der Waals surface area contributed by atoms with E-state index in [-0.39, 0.29) is 5.92 Å². The highest BCUT2D eigenvalue weighted by molar-refractivity contribution is 6.64. The van der Waals surface area contributed by atoms with E-state index >= 15 is 0 Å². The first-order valence-corrected chi connectivity index (χ1v) is 5.87. The highest BCUT2D eigenvalue weighted by atomic mass is 35.5. The fourth-order valence-corrected chi connectivity index (χ4v) is 1.73. The first-order valence-electron chi connectivity index (χ1n) is 5.49. The summed E-state index contributed by atoms with van der Waals surface area (Å²) in [6, 6.07) is 7.73. The molecule has 0 bridgehead atoms. The monoisotopic (exact) mass is 240 g/mol. The number of hydrogen-bond donors (Lipinski definition) is 0. The molecule has 0 amide bonds. The second kappa shape index (κ2) is 5.90. The van der Waals surface area contributed by atoms with Crippen molar-refractivity contribution in [3.8, 4) is 5.75 Å². The van der Waals surface area contributed by atoms with E-state index in [1.807, 2.05) is 38.1 Å². The molecular weight excluding hydrogens is 224 g/mol. The number of carbonyl (C=O) groups is 1. The zero-order valence-electron chi connectivity index (χ0n) is 9.87. The van der Waals surface area contributed by atoms with Crippen molar-refractivity contribution in [1.82, 2.24) is 0 Å². The van der Waals surface area contributed by atoms with Gasteiger partial charge in [-0.15, -0.1) is 0 Å². The molecule has 0 heterocycles. The number of hydrogen-bond acceptors (Lipinski definition) is 2. The highest BCUT2D eigenvalue weighted by Crippen LogP contribution is 2.19. The van der Waals surface area contributed by atoms with E-state index in [2.05, 4.69) is 6.92 Å². The van der Waals surface area contributed by atoms with Gasteiger partial charge in [-0.1, -0.05) is 32.9 Å². The van der Waals surface area contributed by atoms with Gasteiger partial charge in [0.25, 0.3) is 5.24 Å². The van der Waals surface area contributed by atoms with Gasteiger partial charge in [-0.05, 0) is 41.6 Å². The van der Waals surface area contributed by atoms with Crippen LogP contribution in [0, 0.1) is 5.92 Å². The fourth-order valence-electron chi connectivity index (χ4n) is 1.43. The van der Waals surface area contributed by atoms with E-state index in [4.69, 9.17) is 16.3 Å². The molecule has 1 unspecified atom stereocenters. The van der Waals surface area contributed by atoms with Crippen LogP contribution in [0.5, 0.6) is 5.75 Å². The smallest absolute Gasteiger partial charge is 0.262 e. The van der Waals surface area contributed by atoms with Crippen molar-refractivity contribution < 1.29 is 9.53 Å². The number of aryl methyl sites for hydroxylation is 1. The van der Waals surface area contributed by atoms with Crippen molar-refractivity contribution >= 4 is 16.8 Å². The maximum atomic E-state index is 11.2. The average molecular weight is 241 g/mol. The molecule has 0 fully saturated rings. The SMILES string of the molecule is CCc1cccc(OC(C(=O)Cl)C(C)C)c1. The van der Waals surface area contributed by atoms with Gasteiger partial charge >= 0.3 is 0 Å². The van der Waals surface area contributed by atoms with E-state index in [1.165, 1.54) is 5.56 Å². The summed E-state index contributed by atoms with van der Waals surface area (Å²) in [6.45, 7) is 5.90. The van der Waals surface area contributed by atoms with Crippen molar-refractivity contribution in [3.63, 3.8) is 0 Å². The Balaban J connectivity index is 2.81. The molecule has 1 rings (SSSR count). The van der Waals surface area contributed by atoms with Crippen LogP contribution >= 0.6 is 11.6 Å². The Hall–Kier alpha value is -1.02. The summed E-state index contributed by atoms with van der Waals surface area (Å²) in [5.74, 6) is 0.766. The molecule has 1 aromatic carbocycles. The molecule has 16 heavy (non-hydrogen) atoms. The Morgan fingerprint density at radius 3 is 2.62 bits per heavy atom. The second-order valence-electron chi connectivity index (χ2n) is 4.09. The van der Waals surface area contributed by atoms with Gasteiger partial charge in [-0.2, -0.15) is 0 Å². The minimum Gasteiger partial charge on any atom is -0.481 e. The zero-order valence-corrected chi connectivity index (χ0v) is 10.6. The molecule has 0 aromatic heterocycles. The molecule has 0 spiro atoms. The third-order valence-corrected chi connectivity index (χ3v) is 2.61. The predicted octanol–water partition coefficient (Wildman–Crippen LogP) is 3.42. The van der Waals surface area contributed by atoms with Crippen LogP contribution in [0.4, 0.5) is 0 Å². The van der Waals surface area contributed by atoms with E-state index in [9.17, 15) is 4.79 Å². The summed E-state index contributed by atoms with van der Waals surface area (Å²) < 4.78 is 5.60. The summed E-state index contributed by atoms with van der Waals surface area (Å²) >= 11 is 5.50. The van der Waals surface area contributed by atoms with Crippen molar-refractivity contribution in [2.24, 2.45) is 5.92 Å². The van der Waals surface area contributed by atoms with E-state index < -0.39 is 11.3 Å². The van der Waals surface area contributed by atoms with Crippen LogP contribution in [0.1, 0.15) is 26.3 Å². The van der Waals surface area contributed by atoms with Crippen molar-refractivity contribution in [1.29, 1.82) is 0 Å². The molecule has 1 atom stereocenters. The van der Waals surface area contributed by atoms with Crippen LogP contribution < -0.4 is 4.74 Å². The Bertz CT molecular complexity index is 361. The van der Waals surface area contributed by atoms with Gasteiger partial charge < -0.3 is 4.74 Å². The summed E-state index contributed by atoms with van der Waals surface area (Å²) in [7, 11) is 0. The van der Waals surface area contributed by atoms with Crippen LogP contribution in [0.2, 0.25) is 0 Å². The number of carbonyl (C=O) groups excluding carboxylic acids is 1. The second-order valence-corrected chi connectivity index (χ2v) is 4.46. The lowest BCUT2D eigenvalue weighted by atomic mass is 10.1. The molecule has 0 saturated heterocycles. The highest BCUT2D eigenvalue weighted by Gasteiger charge is 2.22. The lowest BCUT2D eigenvalue weighted by Gasteiger charge is -2.19. The van der Waals surface area contributed by atoms with Gasteiger partial charge in [-0.3, -0.25) is 4.79 Å². The molecule has 0 saturated carbocycles. The predicted molar refractivity (Wildman–Crippen MR) is 65.9 cm³/mol. The topological polar surface area (TPSA) is 26.3 Å². The molecule has 0 aliphatic carbocycles. The molecule has 2 nitrogen and oxygen atoms in total. The minimum atomic E-state index is -0.575. The van der Waals surface area contributed by atoms with Crippen LogP contribution in [-0.4, -0.2) is 11.3 Å². The van der Waals surface area contributed by atoms with Crippen molar-refractivity contribution in [2.75, 3.05) is 0 Å². The average Bonchev–Trinajstić information content (AvgIpc) is 2.25. The van der Waals surface area contributed by atoms with Gasteiger partial charge in [0.1, 0.15) is 5.75 Å². The molecule has 0 N–H and O–H groups in total. The molecule has 0 radical (unpaired) electrons. The minimum absolute atomic E-state index is 0.0651. The first kappa shape index (κ1) is 13.0. The van der Waals surface area contributed by atoms with Gasteiger partial charge in [0.15, 0.2) is 6.10 Å². The largest absolute Gasteiger partial charge is 0.481 e. The molecular formula is C13H17ClO2. The molecule has 3 heteroatoms. The maximum Gasteiger partial charge on any atom is 0.262 e. The summed E-state index contributed by atoms with van der Waals surface area (Å²) in [6.07, 6.45) is 0.368. The third-order valence-electron chi connectivity index (χ3n) is 2.40. The summed E-state index contributed by atoms with van der Waals surface area (Å²) in [4.78, 5) is 11.2. The zero-order chi connectivity index (χ0) is 12.1. The molecule has 0 aliphatic rings. The first-order chi connectivity index (χ1) is 7.54. The van der Waals surface area contributed by atoms with Crippen molar-refractivity contribution in [2.45, 2.75) is 33.3 Å². The van der Waals surface area contributed by atoms with Crippen LogP contribution in [0.3, 0.4) is 0 Å². The standard InChI is InChI=1S/C13H17ClO2/c1-4-10-6-5-7-11(8-10)16-12(9(2)3)13(14)15/h5-9,12H,4H2,1-3H3. The van der Waals surface area contributed by atoms with Crippen molar-refractivity contribution in [3.05, 3.63) is 29.8 Å². The van der Waals surface area contributed by atoms with Gasteiger partial charge in [0, 0.05) is 0 Å². The quantitative estimate of drug-likeness (QED) is 0.738. The van der Waals surface area contributed by atoms with Crippen LogP contribution in [-0.2, 0) is 11.2 Å². The number of benzene rings is 1. The maximum absolute atomic E-state index is 11.2. The van der Waals surface area contributed by atoms with Gasteiger partial charge in [0.2, 0.25) is 0 Å². The Labute approximate surface area is 102 Å². The third kappa shape index (κ3) is 3.53. The van der Waals surface area contributed by atoms with Gasteiger partial charge in [0.05, 0.1) is 0 Å². The fraction of sp³-hybridized carbons (Fsp3) is 0.462. The lowest BCUT2D eigenvalue weighted by Crippen LogP contribution is -2.29. The summed E-state index contributed by atoms with van der Waals surface area (Å²) in [5, 5.41) is -0.447. The Morgan fingerprint density at radius 1 is 1.44 bits per heavy atom. The van der Waals surface area contributed by atoms with Crippen LogP contribution in [0.25, 0.3) is 0 Å². The van der Waals surface area contributed by atoms with Gasteiger partial charge in [-0.25, -0.2) is 0 Å². The normalized spacial score (nSPS) is 12.6. The Kier molecular flexibility index (Phi) is 4.81. The number of ether oxygens (including phenoxy) is 1. The molecule has 0 aliphatic heterocycles. The number of halogens is 1. The molecule has 88 valence electrons. The van der Waals surface area contributed by atoms with E-state index in [1.54, 1.807) is 0 Å². The molecule has 1 aromatic rings. The van der Waals surface area contributed by atoms with E-state index in [0.717, 1.165) is 6.42 Å². The Morgan fingerprint density at radius 2 is 2.12 bits per heavy atom. The van der Waals surface area contributed by atoms with Crippen LogP contribution in [0.15, 0.2) is 24.3 Å². The lowest BCUT2D eigenvalue weighted by molar-refractivity contribution is -0.119. The number of rotatable bonds is 5.